The monoisotopic (exact) mass is 340 g/mol. The lowest BCUT2D eigenvalue weighted by Gasteiger charge is -2.09. The Hall–Kier alpha value is -1.53. The Kier molecular flexibility index (Phi) is 4.44. The first-order chi connectivity index (χ1) is 9.06. The van der Waals surface area contributed by atoms with Crippen LogP contribution in [-0.2, 0) is 6.61 Å². The molecule has 0 atom stereocenters. The molecule has 1 heterocycles. The number of benzene rings is 1. The average molecular weight is 341 g/mol. The predicted octanol–water partition coefficient (Wildman–Crippen LogP) is 3.20. The Balaban J connectivity index is 2.16. The normalized spacial score (nSPS) is 10.2. The van der Waals surface area contributed by atoms with E-state index in [1.54, 1.807) is 18.3 Å². The Bertz CT molecular complexity index is 601. The zero-order valence-corrected chi connectivity index (χ0v) is 12.2. The van der Waals surface area contributed by atoms with Crippen molar-refractivity contribution in [3.8, 4) is 5.75 Å². The second-order valence-electron chi connectivity index (χ2n) is 3.77. The highest BCUT2D eigenvalue weighted by Crippen LogP contribution is 2.21. The summed E-state index contributed by atoms with van der Waals surface area (Å²) in [5.74, 6) is 0.0507. The van der Waals surface area contributed by atoms with Gasteiger partial charge in [-0.25, -0.2) is 4.39 Å². The van der Waals surface area contributed by atoms with E-state index < -0.39 is 0 Å². The molecule has 1 aromatic heterocycles. The number of halogens is 2. The highest BCUT2D eigenvalue weighted by molar-refractivity contribution is 9.10. The van der Waals surface area contributed by atoms with Crippen LogP contribution < -0.4 is 10.5 Å². The lowest BCUT2D eigenvalue weighted by molar-refractivity contribution is 0.303. The summed E-state index contributed by atoms with van der Waals surface area (Å²) in [6.07, 6.45) is 1.61. The number of thiocarbonyl (C=S) groups is 1. The summed E-state index contributed by atoms with van der Waals surface area (Å²) < 4.78 is 19.3. The molecule has 6 heteroatoms. The number of hydrogen-bond acceptors (Lipinski definition) is 3. The molecule has 0 amide bonds. The topological polar surface area (TPSA) is 48.1 Å². The van der Waals surface area contributed by atoms with Crippen LogP contribution in [0.15, 0.2) is 41.0 Å². The van der Waals surface area contributed by atoms with Crippen LogP contribution in [0.4, 0.5) is 4.39 Å². The maximum Gasteiger partial charge on any atom is 0.128 e. The van der Waals surface area contributed by atoms with Gasteiger partial charge in [0.2, 0.25) is 0 Å². The third kappa shape index (κ3) is 3.71. The predicted molar refractivity (Wildman–Crippen MR) is 78.6 cm³/mol. The standard InChI is InChI=1S/C13H10BrFN2OS/c14-9-4-10(15)6-11(5-9)18-7-8-2-1-3-17-12(8)13(16)19/h1-6H,7H2,(H2,16,19). The Morgan fingerprint density at radius 1 is 1.42 bits per heavy atom. The summed E-state index contributed by atoms with van der Waals surface area (Å²) in [6, 6.07) is 7.93. The molecule has 19 heavy (non-hydrogen) atoms. The van der Waals surface area contributed by atoms with Crippen molar-refractivity contribution < 1.29 is 9.13 Å². The van der Waals surface area contributed by atoms with Crippen LogP contribution >= 0.6 is 28.1 Å². The van der Waals surface area contributed by atoms with Gasteiger partial charge in [-0.15, -0.1) is 0 Å². The molecule has 0 aliphatic carbocycles. The number of hydrogen-bond donors (Lipinski definition) is 1. The zero-order valence-electron chi connectivity index (χ0n) is 9.77. The molecule has 0 fully saturated rings. The summed E-state index contributed by atoms with van der Waals surface area (Å²) in [5, 5.41) is 0. The van der Waals surface area contributed by atoms with E-state index in [0.29, 0.717) is 15.9 Å². The van der Waals surface area contributed by atoms with Gasteiger partial charge in [0.25, 0.3) is 0 Å². The second kappa shape index (κ2) is 6.08. The molecule has 1 aromatic carbocycles. The summed E-state index contributed by atoms with van der Waals surface area (Å²) >= 11 is 8.12. The van der Waals surface area contributed by atoms with E-state index >= 15 is 0 Å². The van der Waals surface area contributed by atoms with E-state index in [9.17, 15) is 4.39 Å². The minimum atomic E-state index is -0.370. The maximum absolute atomic E-state index is 13.2. The van der Waals surface area contributed by atoms with Gasteiger partial charge in [0, 0.05) is 22.3 Å². The molecule has 0 saturated heterocycles. The first kappa shape index (κ1) is 13.9. The zero-order chi connectivity index (χ0) is 13.8. The van der Waals surface area contributed by atoms with Gasteiger partial charge in [-0.2, -0.15) is 0 Å². The quantitative estimate of drug-likeness (QED) is 0.868. The highest BCUT2D eigenvalue weighted by atomic mass is 79.9. The Labute approximate surface area is 123 Å². The van der Waals surface area contributed by atoms with Crippen LogP contribution in [0, 0.1) is 5.82 Å². The molecule has 0 aliphatic heterocycles. The molecule has 2 rings (SSSR count). The molecular weight excluding hydrogens is 331 g/mol. The summed E-state index contributed by atoms with van der Waals surface area (Å²) in [5.41, 5.74) is 6.86. The number of pyridine rings is 1. The number of rotatable bonds is 4. The summed E-state index contributed by atoms with van der Waals surface area (Å²) in [7, 11) is 0. The smallest absolute Gasteiger partial charge is 0.128 e. The van der Waals surface area contributed by atoms with Crippen molar-refractivity contribution in [1.82, 2.24) is 4.98 Å². The Morgan fingerprint density at radius 2 is 2.21 bits per heavy atom. The van der Waals surface area contributed by atoms with Gasteiger partial charge in [-0.1, -0.05) is 34.2 Å². The first-order valence-corrected chi connectivity index (χ1v) is 6.59. The second-order valence-corrected chi connectivity index (χ2v) is 5.12. The van der Waals surface area contributed by atoms with Crippen LogP contribution in [0.3, 0.4) is 0 Å². The van der Waals surface area contributed by atoms with Gasteiger partial charge < -0.3 is 10.5 Å². The lowest BCUT2D eigenvalue weighted by atomic mass is 10.2. The molecule has 0 unspecified atom stereocenters. The number of nitrogens with zero attached hydrogens (tertiary/aromatic N) is 1. The summed E-state index contributed by atoms with van der Waals surface area (Å²) in [4.78, 5) is 4.30. The molecule has 0 spiro atoms. The van der Waals surface area contributed by atoms with Crippen molar-refractivity contribution in [2.24, 2.45) is 5.73 Å². The highest BCUT2D eigenvalue weighted by Gasteiger charge is 2.07. The molecule has 2 N–H and O–H groups in total. The van der Waals surface area contributed by atoms with Crippen LogP contribution in [0.5, 0.6) is 5.75 Å². The van der Waals surface area contributed by atoms with Crippen LogP contribution in [0.1, 0.15) is 11.3 Å². The van der Waals surface area contributed by atoms with Crippen LogP contribution in [0.2, 0.25) is 0 Å². The number of ether oxygens (including phenoxy) is 1. The third-order valence-corrected chi connectivity index (χ3v) is 3.01. The van der Waals surface area contributed by atoms with E-state index in [4.69, 9.17) is 22.7 Å². The molecule has 2 aromatic rings. The van der Waals surface area contributed by atoms with Crippen LogP contribution in [-0.4, -0.2) is 9.97 Å². The van der Waals surface area contributed by atoms with Gasteiger partial charge in [0.15, 0.2) is 0 Å². The van der Waals surface area contributed by atoms with Gasteiger partial charge >= 0.3 is 0 Å². The van der Waals surface area contributed by atoms with Crippen molar-refractivity contribution in [2.45, 2.75) is 6.61 Å². The SMILES string of the molecule is NC(=S)c1ncccc1COc1cc(F)cc(Br)c1. The van der Waals surface area contributed by atoms with Gasteiger partial charge in [0.05, 0.1) is 0 Å². The third-order valence-electron chi connectivity index (χ3n) is 2.36. The summed E-state index contributed by atoms with van der Waals surface area (Å²) in [6.45, 7) is 0.219. The fourth-order valence-electron chi connectivity index (χ4n) is 1.55. The fraction of sp³-hybridized carbons (Fsp3) is 0.0769. The maximum atomic E-state index is 13.2. The van der Waals surface area contributed by atoms with Crippen molar-refractivity contribution in [2.75, 3.05) is 0 Å². The van der Waals surface area contributed by atoms with Crippen molar-refractivity contribution in [3.63, 3.8) is 0 Å². The van der Waals surface area contributed by atoms with E-state index in [0.717, 1.165) is 5.56 Å². The van der Waals surface area contributed by atoms with Crippen LogP contribution in [0.25, 0.3) is 0 Å². The molecule has 0 saturated carbocycles. The van der Waals surface area contributed by atoms with E-state index in [1.165, 1.54) is 12.1 Å². The minimum Gasteiger partial charge on any atom is -0.489 e. The molecule has 3 nitrogen and oxygen atoms in total. The average Bonchev–Trinajstić information content (AvgIpc) is 2.35. The van der Waals surface area contributed by atoms with Crippen molar-refractivity contribution in [3.05, 3.63) is 58.1 Å². The molecular formula is C13H10BrFN2OS. The van der Waals surface area contributed by atoms with E-state index in [-0.39, 0.29) is 17.4 Å². The van der Waals surface area contributed by atoms with Gasteiger partial charge in [-0.3, -0.25) is 4.98 Å². The van der Waals surface area contributed by atoms with Crippen molar-refractivity contribution >= 4 is 33.1 Å². The first-order valence-electron chi connectivity index (χ1n) is 5.39. The largest absolute Gasteiger partial charge is 0.489 e. The molecule has 0 bridgehead atoms. The Morgan fingerprint density at radius 3 is 2.89 bits per heavy atom. The van der Waals surface area contributed by atoms with Crippen molar-refractivity contribution in [1.29, 1.82) is 0 Å². The minimum absolute atomic E-state index is 0.208. The molecule has 98 valence electrons. The lowest BCUT2D eigenvalue weighted by Crippen LogP contribution is -2.15. The number of nitrogens with two attached hydrogens (primary N) is 1. The van der Waals surface area contributed by atoms with Gasteiger partial charge in [0.1, 0.15) is 28.9 Å². The van der Waals surface area contributed by atoms with E-state index in [2.05, 4.69) is 20.9 Å². The molecule has 0 radical (unpaired) electrons. The fourth-order valence-corrected chi connectivity index (χ4v) is 2.18. The number of aromatic nitrogens is 1. The van der Waals surface area contributed by atoms with Gasteiger partial charge in [-0.05, 0) is 18.2 Å². The van der Waals surface area contributed by atoms with E-state index in [1.807, 2.05) is 6.07 Å². The molecule has 0 aliphatic rings.